The van der Waals surface area contributed by atoms with Gasteiger partial charge in [0.05, 0.1) is 30.9 Å². The second-order valence-corrected chi connectivity index (χ2v) is 7.88. The van der Waals surface area contributed by atoms with Crippen LogP contribution in [0.3, 0.4) is 0 Å². The molecule has 2 aromatic carbocycles. The van der Waals surface area contributed by atoms with Crippen molar-refractivity contribution < 1.29 is 29.0 Å². The number of ether oxygens (including phenoxy) is 2. The number of fused-ring (bicyclic) bond motifs is 1. The molecule has 1 aliphatic heterocycles. The van der Waals surface area contributed by atoms with E-state index in [1.165, 1.54) is 37.3 Å². The SMILES string of the molecule is [2H]C([2H])([2H])Oc1cc(C([2H])(C)O)ccc1OCCCN1CCC(c2noc3cc(F)ccc23)CC1. The number of halogens is 1. The van der Waals surface area contributed by atoms with Crippen LogP contribution in [0.15, 0.2) is 40.9 Å². The van der Waals surface area contributed by atoms with E-state index in [0.717, 1.165) is 50.0 Å². The van der Waals surface area contributed by atoms with Crippen LogP contribution in [-0.2, 0) is 0 Å². The van der Waals surface area contributed by atoms with Crippen molar-refractivity contribution in [1.29, 1.82) is 0 Å². The minimum absolute atomic E-state index is 0.0319. The number of benzene rings is 2. The molecule has 0 spiro atoms. The molecule has 2 heterocycles. The summed E-state index contributed by atoms with van der Waals surface area (Å²) in [5.74, 6) is 0.146. The molecule has 0 radical (unpaired) electrons. The Morgan fingerprint density at radius 1 is 1.29 bits per heavy atom. The lowest BCUT2D eigenvalue weighted by Gasteiger charge is -2.31. The van der Waals surface area contributed by atoms with Crippen molar-refractivity contribution in [1.82, 2.24) is 10.1 Å². The topological polar surface area (TPSA) is 68.0 Å². The lowest BCUT2D eigenvalue weighted by molar-refractivity contribution is 0.188. The molecule has 1 saturated heterocycles. The molecule has 0 aliphatic carbocycles. The Hall–Kier alpha value is -2.64. The largest absolute Gasteiger partial charge is 0.493 e. The number of methoxy groups -OCH3 is 1. The third-order valence-electron chi connectivity index (χ3n) is 5.78. The summed E-state index contributed by atoms with van der Waals surface area (Å²) in [6.45, 7) is 4.23. The highest BCUT2D eigenvalue weighted by atomic mass is 19.1. The quantitative estimate of drug-likeness (QED) is 0.522. The third-order valence-corrected chi connectivity index (χ3v) is 5.78. The van der Waals surface area contributed by atoms with Crippen LogP contribution in [0, 0.1) is 5.82 Å². The van der Waals surface area contributed by atoms with Crippen LogP contribution in [0.4, 0.5) is 4.39 Å². The van der Waals surface area contributed by atoms with Gasteiger partial charge < -0.3 is 24.0 Å². The van der Waals surface area contributed by atoms with Gasteiger partial charge in [0.2, 0.25) is 0 Å². The van der Waals surface area contributed by atoms with E-state index >= 15 is 0 Å². The van der Waals surface area contributed by atoms with Crippen molar-refractivity contribution in [2.75, 3.05) is 33.3 Å². The summed E-state index contributed by atoms with van der Waals surface area (Å²) in [7, 11) is -2.68. The average molecular weight is 433 g/mol. The molecule has 1 aromatic heterocycles. The molecular formula is C24H29FN2O4. The molecule has 1 fully saturated rings. The summed E-state index contributed by atoms with van der Waals surface area (Å²) in [6, 6.07) is 8.86. The maximum atomic E-state index is 13.4. The van der Waals surface area contributed by atoms with Gasteiger partial charge in [-0.25, -0.2) is 4.39 Å². The minimum Gasteiger partial charge on any atom is -0.493 e. The average Bonchev–Trinajstić information content (AvgIpc) is 3.19. The van der Waals surface area contributed by atoms with Crippen molar-refractivity contribution in [3.8, 4) is 11.5 Å². The first-order valence-corrected chi connectivity index (χ1v) is 10.5. The number of piperidine rings is 1. The number of hydrogen-bond acceptors (Lipinski definition) is 6. The standard InChI is InChI=1S/C24H29FN2O4/c1-16(28)18-4-7-21(23(14-18)29-2)30-13-3-10-27-11-8-17(9-12-27)24-20-6-5-19(25)15-22(20)31-26-24/h4-7,14-17,28H,3,8-13H2,1-2H3/i2D3,16D. The van der Waals surface area contributed by atoms with Crippen LogP contribution in [0.25, 0.3) is 11.0 Å². The molecule has 6 nitrogen and oxygen atoms in total. The second-order valence-electron chi connectivity index (χ2n) is 7.88. The Morgan fingerprint density at radius 2 is 2.13 bits per heavy atom. The van der Waals surface area contributed by atoms with Crippen molar-refractivity contribution in [2.45, 2.75) is 38.2 Å². The summed E-state index contributed by atoms with van der Waals surface area (Å²) < 4.78 is 59.4. The van der Waals surface area contributed by atoms with Gasteiger partial charge in [-0.1, -0.05) is 11.2 Å². The number of nitrogens with zero attached hydrogens (tertiary/aromatic N) is 2. The number of aliphatic hydroxyl groups is 1. The van der Waals surface area contributed by atoms with E-state index in [0.29, 0.717) is 12.2 Å². The number of aromatic nitrogens is 1. The van der Waals surface area contributed by atoms with Gasteiger partial charge in [-0.15, -0.1) is 0 Å². The van der Waals surface area contributed by atoms with E-state index < -0.39 is 13.1 Å². The number of likely N-dealkylation sites (tertiary alicyclic amines) is 1. The fraction of sp³-hybridized carbons (Fsp3) is 0.458. The van der Waals surface area contributed by atoms with Gasteiger partial charge in [0.25, 0.3) is 0 Å². The van der Waals surface area contributed by atoms with Gasteiger partial charge >= 0.3 is 0 Å². The lowest BCUT2D eigenvalue weighted by Crippen LogP contribution is -2.34. The Labute approximate surface area is 187 Å². The Morgan fingerprint density at radius 3 is 2.90 bits per heavy atom. The molecule has 4 rings (SSSR count). The van der Waals surface area contributed by atoms with E-state index in [-0.39, 0.29) is 28.8 Å². The van der Waals surface area contributed by atoms with Crippen molar-refractivity contribution in [2.24, 2.45) is 0 Å². The minimum atomic E-state index is -2.68. The normalized spacial score (nSPS) is 19.8. The highest BCUT2D eigenvalue weighted by molar-refractivity contribution is 5.79. The summed E-state index contributed by atoms with van der Waals surface area (Å²) in [5.41, 5.74) is 1.57. The molecule has 1 aliphatic rings. The molecule has 31 heavy (non-hydrogen) atoms. The smallest absolute Gasteiger partial charge is 0.170 e. The van der Waals surface area contributed by atoms with E-state index in [9.17, 15) is 9.50 Å². The molecular weight excluding hydrogens is 399 g/mol. The molecule has 3 aromatic rings. The molecule has 0 bridgehead atoms. The first-order chi connectivity index (χ1) is 16.5. The summed E-state index contributed by atoms with van der Waals surface area (Å²) in [4.78, 5) is 2.34. The second kappa shape index (κ2) is 9.66. The van der Waals surface area contributed by atoms with Crippen molar-refractivity contribution in [3.05, 3.63) is 53.5 Å². The van der Waals surface area contributed by atoms with Gasteiger partial charge in [0.15, 0.2) is 17.1 Å². The number of rotatable bonds is 8. The van der Waals surface area contributed by atoms with Gasteiger partial charge in [0, 0.05) is 23.9 Å². The van der Waals surface area contributed by atoms with Crippen LogP contribution in [0.2, 0.25) is 0 Å². The summed E-state index contributed by atoms with van der Waals surface area (Å²) >= 11 is 0. The Kier molecular flexibility index (Phi) is 5.29. The van der Waals surface area contributed by atoms with Crippen LogP contribution < -0.4 is 9.47 Å². The third kappa shape index (κ3) is 4.99. The molecule has 0 saturated carbocycles. The van der Waals surface area contributed by atoms with E-state index in [4.69, 9.17) is 19.5 Å². The molecule has 166 valence electrons. The van der Waals surface area contributed by atoms with E-state index in [2.05, 4.69) is 10.1 Å². The molecule has 7 heteroatoms. The van der Waals surface area contributed by atoms with E-state index in [1.54, 1.807) is 6.07 Å². The highest BCUT2D eigenvalue weighted by Gasteiger charge is 2.25. The van der Waals surface area contributed by atoms with Crippen LogP contribution in [0.1, 0.15) is 54.9 Å². The fourth-order valence-electron chi connectivity index (χ4n) is 4.06. The van der Waals surface area contributed by atoms with Crippen molar-refractivity contribution >= 4 is 11.0 Å². The van der Waals surface area contributed by atoms with Gasteiger partial charge in [0.1, 0.15) is 5.82 Å². The lowest BCUT2D eigenvalue weighted by atomic mass is 9.91. The number of hydrogen-bond donors (Lipinski definition) is 1. The predicted octanol–water partition coefficient (Wildman–Crippen LogP) is 4.68. The summed E-state index contributed by atoms with van der Waals surface area (Å²) in [6.07, 6.45) is 0.684. The zero-order chi connectivity index (χ0) is 25.2. The Balaban J connectivity index is 1.28. The molecule has 0 amide bonds. The summed E-state index contributed by atoms with van der Waals surface area (Å²) in [5, 5.41) is 15.0. The molecule has 1 atom stereocenters. The van der Waals surface area contributed by atoms with Gasteiger partial charge in [-0.05, 0) is 69.1 Å². The van der Waals surface area contributed by atoms with Crippen LogP contribution in [0.5, 0.6) is 11.5 Å². The highest BCUT2D eigenvalue weighted by Crippen LogP contribution is 2.33. The molecule has 1 N–H and O–H groups in total. The monoisotopic (exact) mass is 432 g/mol. The van der Waals surface area contributed by atoms with Gasteiger partial charge in [-0.2, -0.15) is 0 Å². The maximum absolute atomic E-state index is 13.4. The zero-order valence-corrected chi connectivity index (χ0v) is 17.4. The van der Waals surface area contributed by atoms with Crippen molar-refractivity contribution in [3.63, 3.8) is 0 Å². The first-order valence-electron chi connectivity index (χ1n) is 12.5. The fourth-order valence-corrected chi connectivity index (χ4v) is 4.06. The van der Waals surface area contributed by atoms with Crippen LogP contribution in [-0.4, -0.2) is 48.4 Å². The van der Waals surface area contributed by atoms with Crippen LogP contribution >= 0.6 is 0 Å². The first kappa shape index (κ1) is 17.0. The zero-order valence-electron chi connectivity index (χ0n) is 21.4. The van der Waals surface area contributed by atoms with Gasteiger partial charge in [-0.3, -0.25) is 0 Å². The predicted molar refractivity (Wildman–Crippen MR) is 116 cm³/mol. The Bertz CT molecular complexity index is 1150. The molecule has 1 unspecified atom stereocenters. The van der Waals surface area contributed by atoms with E-state index in [1.807, 2.05) is 0 Å². The maximum Gasteiger partial charge on any atom is 0.170 e.